The second-order valence-corrected chi connectivity index (χ2v) is 4.19. The third-order valence-corrected chi connectivity index (χ3v) is 2.85. The Morgan fingerprint density at radius 1 is 1.29 bits per heavy atom. The second kappa shape index (κ2) is 5.62. The Kier molecular flexibility index (Phi) is 3.91. The number of carbonyl (C=O) groups excluding carboxylic acids is 1. The van der Waals surface area contributed by atoms with E-state index >= 15 is 0 Å². The molecule has 0 fully saturated rings. The monoisotopic (exact) mass is 231 g/mol. The number of hydrogen-bond donors (Lipinski definition) is 0. The highest BCUT2D eigenvalue weighted by Crippen LogP contribution is 2.26. The predicted octanol–water partition coefficient (Wildman–Crippen LogP) is 3.01. The van der Waals surface area contributed by atoms with E-state index in [1.54, 1.807) is 18.5 Å². The Labute approximate surface area is 102 Å². The van der Waals surface area contributed by atoms with Gasteiger partial charge in [-0.3, -0.25) is 9.78 Å². The predicted molar refractivity (Wildman–Crippen MR) is 66.9 cm³/mol. The minimum Gasteiger partial charge on any atom is -0.492 e. The van der Waals surface area contributed by atoms with E-state index in [-0.39, 0.29) is 5.78 Å². The minimum atomic E-state index is 0.222. The van der Waals surface area contributed by atoms with Crippen molar-refractivity contribution in [1.82, 2.24) is 4.98 Å². The maximum Gasteiger partial charge on any atom is 0.155 e. The van der Waals surface area contributed by atoms with Gasteiger partial charge in [-0.05, 0) is 49.5 Å². The lowest BCUT2D eigenvalue weighted by Gasteiger charge is -2.07. The molecule has 90 valence electrons. The van der Waals surface area contributed by atoms with Crippen LogP contribution in [0, 0.1) is 0 Å². The van der Waals surface area contributed by atoms with Crippen molar-refractivity contribution >= 4 is 11.4 Å². The van der Waals surface area contributed by atoms with Crippen LogP contribution in [0.5, 0.6) is 5.75 Å². The highest BCUT2D eigenvalue weighted by molar-refractivity contribution is 5.97. The van der Waals surface area contributed by atoms with Crippen LogP contribution in [-0.2, 0) is 4.79 Å². The molecule has 3 heteroatoms. The molecule has 1 heterocycles. The summed E-state index contributed by atoms with van der Waals surface area (Å²) >= 11 is 0. The highest BCUT2D eigenvalue weighted by Gasteiger charge is 2.11. The molecule has 0 N–H and O–H groups in total. The van der Waals surface area contributed by atoms with E-state index in [0.29, 0.717) is 13.0 Å². The van der Waals surface area contributed by atoms with E-state index in [9.17, 15) is 4.79 Å². The lowest BCUT2D eigenvalue weighted by molar-refractivity contribution is -0.114. The first kappa shape index (κ1) is 11.8. The molecule has 0 atom stereocenters. The van der Waals surface area contributed by atoms with Gasteiger partial charge in [-0.15, -0.1) is 0 Å². The number of pyridine rings is 1. The molecular weight excluding hydrogens is 214 g/mol. The van der Waals surface area contributed by atoms with Crippen LogP contribution in [-0.4, -0.2) is 17.4 Å². The second-order valence-electron chi connectivity index (χ2n) is 4.19. The first-order chi connectivity index (χ1) is 8.29. The van der Waals surface area contributed by atoms with Crippen molar-refractivity contribution in [1.29, 1.82) is 0 Å². The van der Waals surface area contributed by atoms with Gasteiger partial charge in [-0.1, -0.05) is 0 Å². The largest absolute Gasteiger partial charge is 0.492 e. The Bertz CT molecular complexity index is 438. The van der Waals surface area contributed by atoms with Gasteiger partial charge in [-0.25, -0.2) is 0 Å². The normalized spacial score (nSPS) is 16.3. The van der Waals surface area contributed by atoms with Crippen LogP contribution in [0.1, 0.15) is 38.2 Å². The maximum atomic E-state index is 11.5. The number of carbonyl (C=O) groups is 1. The summed E-state index contributed by atoms with van der Waals surface area (Å²) in [4.78, 5) is 15.7. The molecule has 1 aliphatic carbocycles. The molecule has 0 radical (unpaired) electrons. The van der Waals surface area contributed by atoms with Crippen molar-refractivity contribution in [3.63, 3.8) is 0 Å². The Morgan fingerprint density at radius 2 is 2.12 bits per heavy atom. The molecule has 0 unspecified atom stereocenters. The highest BCUT2D eigenvalue weighted by atomic mass is 16.5. The molecule has 0 saturated carbocycles. The fraction of sp³-hybridized carbons (Fsp3) is 0.429. The number of aromatic nitrogens is 1. The molecular formula is C14H17NO2. The molecule has 0 aliphatic heterocycles. The van der Waals surface area contributed by atoms with E-state index in [1.165, 1.54) is 0 Å². The van der Waals surface area contributed by atoms with Gasteiger partial charge in [0.2, 0.25) is 0 Å². The van der Waals surface area contributed by atoms with Crippen LogP contribution < -0.4 is 4.74 Å². The quantitative estimate of drug-likeness (QED) is 0.802. The van der Waals surface area contributed by atoms with Crippen molar-refractivity contribution in [3.05, 3.63) is 30.1 Å². The summed E-state index contributed by atoms with van der Waals surface area (Å²) in [6, 6.07) is 1.96. The molecule has 3 nitrogen and oxygen atoms in total. The van der Waals surface area contributed by atoms with Gasteiger partial charge < -0.3 is 4.74 Å². The summed E-state index contributed by atoms with van der Waals surface area (Å²) in [6.45, 7) is 2.57. The van der Waals surface area contributed by atoms with Gasteiger partial charge in [0.1, 0.15) is 5.75 Å². The summed E-state index contributed by atoms with van der Waals surface area (Å²) in [7, 11) is 0. The Balaban J connectivity index is 2.25. The first-order valence-electron chi connectivity index (χ1n) is 6.11. The van der Waals surface area contributed by atoms with Crippen LogP contribution in [0.4, 0.5) is 0 Å². The number of rotatable bonds is 3. The van der Waals surface area contributed by atoms with Crippen molar-refractivity contribution in [3.8, 4) is 5.75 Å². The number of ether oxygens (including phenoxy) is 1. The number of ketones is 1. The standard InChI is InChI=1S/C14H17NO2/c1-2-17-14-8-12(9-15-10-14)11-5-3-4-6-13(16)7-11/h7-10H,2-6H2,1H3. The minimum absolute atomic E-state index is 0.222. The molecule has 0 amide bonds. The molecule has 17 heavy (non-hydrogen) atoms. The maximum absolute atomic E-state index is 11.5. The van der Waals surface area contributed by atoms with Crippen molar-refractivity contribution in [2.24, 2.45) is 0 Å². The fourth-order valence-electron chi connectivity index (χ4n) is 2.02. The van der Waals surface area contributed by atoms with Crippen LogP contribution in [0.2, 0.25) is 0 Å². The van der Waals surface area contributed by atoms with Crippen LogP contribution >= 0.6 is 0 Å². The average molecular weight is 231 g/mol. The molecule has 0 saturated heterocycles. The van der Waals surface area contributed by atoms with E-state index in [0.717, 1.165) is 36.1 Å². The van der Waals surface area contributed by atoms with E-state index in [2.05, 4.69) is 4.98 Å². The molecule has 1 aromatic heterocycles. The van der Waals surface area contributed by atoms with E-state index in [1.807, 2.05) is 13.0 Å². The summed E-state index contributed by atoms with van der Waals surface area (Å²) in [5.41, 5.74) is 2.09. The lowest BCUT2D eigenvalue weighted by atomic mass is 10.0. The third-order valence-electron chi connectivity index (χ3n) is 2.85. The fourth-order valence-corrected chi connectivity index (χ4v) is 2.02. The number of nitrogens with zero attached hydrogens (tertiary/aromatic N) is 1. The summed E-state index contributed by atoms with van der Waals surface area (Å²) in [6.07, 6.45) is 8.93. The molecule has 0 aromatic carbocycles. The van der Waals surface area contributed by atoms with Crippen LogP contribution in [0.15, 0.2) is 24.5 Å². The molecule has 0 bridgehead atoms. The number of allylic oxidation sites excluding steroid dienone is 2. The van der Waals surface area contributed by atoms with Crippen molar-refractivity contribution in [2.45, 2.75) is 32.6 Å². The lowest BCUT2D eigenvalue weighted by Crippen LogP contribution is -1.95. The van der Waals surface area contributed by atoms with Crippen LogP contribution in [0.25, 0.3) is 5.57 Å². The third kappa shape index (κ3) is 3.16. The molecule has 1 aliphatic rings. The zero-order valence-corrected chi connectivity index (χ0v) is 10.1. The van der Waals surface area contributed by atoms with Gasteiger partial charge in [0, 0.05) is 12.6 Å². The van der Waals surface area contributed by atoms with E-state index < -0.39 is 0 Å². The average Bonchev–Trinajstić information content (AvgIpc) is 2.55. The van der Waals surface area contributed by atoms with Gasteiger partial charge in [0.05, 0.1) is 12.8 Å². The Hall–Kier alpha value is -1.64. The zero-order chi connectivity index (χ0) is 12.1. The van der Waals surface area contributed by atoms with Crippen molar-refractivity contribution in [2.75, 3.05) is 6.61 Å². The zero-order valence-electron chi connectivity index (χ0n) is 10.1. The SMILES string of the molecule is CCOc1cncc(C2=CC(=O)CCCC2)c1. The van der Waals surface area contributed by atoms with Crippen LogP contribution in [0.3, 0.4) is 0 Å². The molecule has 2 rings (SSSR count). The number of hydrogen-bond acceptors (Lipinski definition) is 3. The van der Waals surface area contributed by atoms with Gasteiger partial charge >= 0.3 is 0 Å². The smallest absolute Gasteiger partial charge is 0.155 e. The molecule has 1 aromatic rings. The van der Waals surface area contributed by atoms with Crippen molar-refractivity contribution < 1.29 is 9.53 Å². The van der Waals surface area contributed by atoms with Gasteiger partial charge in [-0.2, -0.15) is 0 Å². The Morgan fingerprint density at radius 3 is 2.94 bits per heavy atom. The topological polar surface area (TPSA) is 39.2 Å². The molecule has 0 spiro atoms. The first-order valence-corrected chi connectivity index (χ1v) is 6.11. The van der Waals surface area contributed by atoms with E-state index in [4.69, 9.17) is 4.74 Å². The summed E-state index contributed by atoms with van der Waals surface area (Å²) in [5.74, 6) is 0.988. The van der Waals surface area contributed by atoms with Gasteiger partial charge in [0.25, 0.3) is 0 Å². The summed E-state index contributed by atoms with van der Waals surface area (Å²) in [5, 5.41) is 0. The van der Waals surface area contributed by atoms with Gasteiger partial charge in [0.15, 0.2) is 5.78 Å². The summed E-state index contributed by atoms with van der Waals surface area (Å²) < 4.78 is 5.42.